The van der Waals surface area contributed by atoms with E-state index in [-0.39, 0.29) is 6.42 Å². The summed E-state index contributed by atoms with van der Waals surface area (Å²) in [4.78, 5) is 0. The summed E-state index contributed by atoms with van der Waals surface area (Å²) in [5.74, 6) is 0. The van der Waals surface area contributed by atoms with Crippen molar-refractivity contribution in [3.8, 4) is 11.3 Å². The molecule has 24 heavy (non-hydrogen) atoms. The maximum atomic E-state index is 12.4. The van der Waals surface area contributed by atoms with Gasteiger partial charge in [-0.25, -0.2) is 4.57 Å². The lowest BCUT2D eigenvalue weighted by Crippen LogP contribution is -2.30. The van der Waals surface area contributed by atoms with Gasteiger partial charge in [-0.2, -0.15) is 13.2 Å². The summed E-state index contributed by atoms with van der Waals surface area (Å²) < 4.78 is 39.4. The van der Waals surface area contributed by atoms with Crippen LogP contribution in [-0.4, -0.2) is 6.18 Å². The minimum absolute atomic E-state index is 0.0140. The van der Waals surface area contributed by atoms with Gasteiger partial charge >= 0.3 is 6.18 Å². The Morgan fingerprint density at radius 2 is 1.75 bits per heavy atom. The lowest BCUT2D eigenvalue weighted by atomic mass is 9.97. The molecule has 1 heterocycles. The topological polar surface area (TPSA) is 3.88 Å². The van der Waals surface area contributed by atoms with Gasteiger partial charge in [-0.1, -0.05) is 30.3 Å². The van der Waals surface area contributed by atoms with Crippen LogP contribution in [0.4, 0.5) is 13.2 Å². The van der Waals surface area contributed by atoms with E-state index >= 15 is 0 Å². The smallest absolute Gasteiger partial charge is 0.200 e. The Morgan fingerprint density at radius 3 is 2.46 bits per heavy atom. The van der Waals surface area contributed by atoms with Gasteiger partial charge in [0.1, 0.15) is 7.05 Å². The average molecular weight is 330 g/mol. The molecule has 0 saturated carbocycles. The highest BCUT2D eigenvalue weighted by Gasteiger charge is 2.26. The lowest BCUT2D eigenvalue weighted by molar-refractivity contribution is -0.659. The molecule has 3 rings (SSSR count). The molecule has 0 fully saturated rings. The van der Waals surface area contributed by atoms with Crippen molar-refractivity contribution >= 4 is 10.8 Å². The van der Waals surface area contributed by atoms with Crippen LogP contribution in [0.5, 0.6) is 0 Å². The number of nitrogens with zero attached hydrogens (tertiary/aromatic N) is 1. The normalized spacial score (nSPS) is 11.9. The number of pyridine rings is 1. The highest BCUT2D eigenvalue weighted by atomic mass is 19.4. The molecule has 0 spiro atoms. The van der Waals surface area contributed by atoms with E-state index in [9.17, 15) is 13.2 Å². The molecule has 1 nitrogen and oxygen atoms in total. The number of hydrogen-bond acceptors (Lipinski definition) is 0. The van der Waals surface area contributed by atoms with Gasteiger partial charge in [-0.15, -0.1) is 0 Å². The molecule has 0 N–H and O–H groups in total. The van der Waals surface area contributed by atoms with Crippen molar-refractivity contribution in [2.24, 2.45) is 7.05 Å². The number of alkyl halides is 3. The third kappa shape index (κ3) is 3.42. The van der Waals surface area contributed by atoms with E-state index in [2.05, 4.69) is 23.6 Å². The highest BCUT2D eigenvalue weighted by Crippen LogP contribution is 2.29. The Balaban J connectivity index is 2.08. The maximum absolute atomic E-state index is 12.4. The number of fused-ring (bicyclic) bond motifs is 1. The summed E-state index contributed by atoms with van der Waals surface area (Å²) >= 11 is 0. The van der Waals surface area contributed by atoms with Gasteiger partial charge in [0, 0.05) is 18.1 Å². The van der Waals surface area contributed by atoms with Gasteiger partial charge in [-0.3, -0.25) is 0 Å². The molecule has 3 aromatic rings. The first-order valence-corrected chi connectivity index (χ1v) is 7.89. The van der Waals surface area contributed by atoms with Gasteiger partial charge in [0.2, 0.25) is 5.69 Å². The molecule has 0 aliphatic carbocycles. The fourth-order valence-corrected chi connectivity index (χ4v) is 3.04. The second kappa shape index (κ2) is 6.27. The standard InChI is InChI=1S/C20H19F3N/c1-14-5-3-4-6-17(14)19-18-8-7-15(9-11-20(21,22)23)13-16(18)10-12-24(19)2/h3-8,10,12-13H,9,11H2,1-2H3/q+1. The highest BCUT2D eigenvalue weighted by molar-refractivity contribution is 5.93. The predicted octanol–water partition coefficient (Wildman–Crippen LogP) is 5.13. The lowest BCUT2D eigenvalue weighted by Gasteiger charge is -2.10. The monoisotopic (exact) mass is 330 g/mol. The molecule has 1 aromatic heterocycles. The van der Waals surface area contributed by atoms with Crippen LogP contribution in [0, 0.1) is 6.92 Å². The molecule has 0 amide bonds. The quantitative estimate of drug-likeness (QED) is 0.586. The van der Waals surface area contributed by atoms with Crippen LogP contribution in [-0.2, 0) is 13.5 Å². The second-order valence-corrected chi connectivity index (χ2v) is 6.13. The summed E-state index contributed by atoms with van der Waals surface area (Å²) in [5.41, 5.74) is 4.09. The van der Waals surface area contributed by atoms with Crippen molar-refractivity contribution in [2.45, 2.75) is 25.9 Å². The zero-order valence-corrected chi connectivity index (χ0v) is 13.7. The summed E-state index contributed by atoms with van der Waals surface area (Å²) in [6, 6.07) is 15.7. The van der Waals surface area contributed by atoms with E-state index < -0.39 is 12.6 Å². The molecule has 0 bridgehead atoms. The number of rotatable bonds is 3. The fraction of sp³-hybridized carbons (Fsp3) is 0.250. The van der Waals surface area contributed by atoms with Crippen molar-refractivity contribution in [2.75, 3.05) is 0 Å². The van der Waals surface area contributed by atoms with Crippen molar-refractivity contribution in [3.63, 3.8) is 0 Å². The molecule has 0 aliphatic heterocycles. The third-order valence-corrected chi connectivity index (χ3v) is 4.30. The Bertz CT molecular complexity index is 882. The van der Waals surface area contributed by atoms with Gasteiger partial charge in [-0.05, 0) is 42.0 Å². The van der Waals surface area contributed by atoms with E-state index in [0.717, 1.165) is 22.0 Å². The van der Waals surface area contributed by atoms with Gasteiger partial charge < -0.3 is 0 Å². The zero-order valence-electron chi connectivity index (χ0n) is 13.7. The number of aromatic nitrogens is 1. The van der Waals surface area contributed by atoms with Crippen LogP contribution in [0.1, 0.15) is 17.5 Å². The average Bonchev–Trinajstić information content (AvgIpc) is 2.53. The zero-order chi connectivity index (χ0) is 17.3. The van der Waals surface area contributed by atoms with E-state index in [1.807, 2.05) is 43.6 Å². The predicted molar refractivity (Wildman–Crippen MR) is 89.7 cm³/mol. The van der Waals surface area contributed by atoms with Crippen LogP contribution >= 0.6 is 0 Å². The molecular weight excluding hydrogens is 311 g/mol. The first-order chi connectivity index (χ1) is 11.3. The van der Waals surface area contributed by atoms with Crippen molar-refractivity contribution < 1.29 is 17.7 Å². The molecule has 0 saturated heterocycles. The fourth-order valence-electron chi connectivity index (χ4n) is 3.04. The number of hydrogen-bond donors (Lipinski definition) is 0. The van der Waals surface area contributed by atoms with Crippen LogP contribution in [0.15, 0.2) is 54.7 Å². The molecule has 2 aromatic carbocycles. The van der Waals surface area contributed by atoms with Crippen LogP contribution in [0.3, 0.4) is 0 Å². The molecule has 0 aliphatic rings. The summed E-state index contributed by atoms with van der Waals surface area (Å²) in [7, 11) is 1.98. The van der Waals surface area contributed by atoms with E-state index in [0.29, 0.717) is 5.56 Å². The Labute approximate surface area is 139 Å². The van der Waals surface area contributed by atoms with Crippen molar-refractivity contribution in [1.29, 1.82) is 0 Å². The van der Waals surface area contributed by atoms with Gasteiger partial charge in [0.25, 0.3) is 0 Å². The van der Waals surface area contributed by atoms with Gasteiger partial charge in [0.15, 0.2) is 6.20 Å². The molecule has 0 radical (unpaired) electrons. The van der Waals surface area contributed by atoms with Crippen molar-refractivity contribution in [3.05, 3.63) is 65.9 Å². The molecular formula is C20H19F3N+. The Morgan fingerprint density at radius 1 is 1.00 bits per heavy atom. The van der Waals surface area contributed by atoms with Crippen LogP contribution in [0.2, 0.25) is 0 Å². The number of aryl methyl sites for hydroxylation is 3. The van der Waals surface area contributed by atoms with Crippen LogP contribution < -0.4 is 4.57 Å². The minimum atomic E-state index is -4.12. The molecule has 0 unspecified atom stereocenters. The summed E-state index contributed by atoms with van der Waals surface area (Å²) in [6.45, 7) is 2.06. The third-order valence-electron chi connectivity index (χ3n) is 4.30. The van der Waals surface area contributed by atoms with E-state index in [1.165, 1.54) is 5.56 Å². The SMILES string of the molecule is Cc1ccccc1-c1c2ccc(CCC(F)(F)F)cc2cc[n+]1C. The largest absolute Gasteiger partial charge is 0.389 e. The van der Waals surface area contributed by atoms with E-state index in [1.54, 1.807) is 6.07 Å². The van der Waals surface area contributed by atoms with Crippen LogP contribution in [0.25, 0.3) is 22.0 Å². The minimum Gasteiger partial charge on any atom is -0.200 e. The maximum Gasteiger partial charge on any atom is 0.389 e. The number of halogens is 3. The van der Waals surface area contributed by atoms with Crippen molar-refractivity contribution in [1.82, 2.24) is 0 Å². The molecule has 0 atom stereocenters. The summed E-state index contributed by atoms with van der Waals surface area (Å²) in [5, 5.41) is 2.01. The molecule has 124 valence electrons. The first-order valence-electron chi connectivity index (χ1n) is 7.89. The summed E-state index contributed by atoms with van der Waals surface area (Å²) in [6.07, 6.45) is -2.94. The first kappa shape index (κ1) is 16.5. The molecule has 4 heteroatoms. The Hall–Kier alpha value is -2.36. The number of benzene rings is 2. The van der Waals surface area contributed by atoms with Gasteiger partial charge in [0.05, 0.1) is 5.39 Å². The Kier molecular flexibility index (Phi) is 4.31. The second-order valence-electron chi connectivity index (χ2n) is 6.13. The van der Waals surface area contributed by atoms with E-state index in [4.69, 9.17) is 0 Å².